The zero-order chi connectivity index (χ0) is 19.9. The van der Waals surface area contributed by atoms with Gasteiger partial charge in [0, 0.05) is 13.6 Å². The molecule has 0 aliphatic rings. The van der Waals surface area contributed by atoms with E-state index in [1.165, 1.54) is 5.56 Å². The fourth-order valence-electron chi connectivity index (χ4n) is 3.16. The van der Waals surface area contributed by atoms with Gasteiger partial charge in [-0.1, -0.05) is 44.5 Å². The van der Waals surface area contributed by atoms with Crippen molar-refractivity contribution in [3.63, 3.8) is 0 Å². The molecule has 0 radical (unpaired) electrons. The SMILES string of the molecule is CCCCN(C)C(=O)Cn1c(COc2ccc(CC)cc2)nc2ccccc21. The molecule has 5 heteroatoms. The highest BCUT2D eigenvalue weighted by Gasteiger charge is 2.16. The first-order valence-electron chi connectivity index (χ1n) is 10.0. The minimum absolute atomic E-state index is 0.0881. The fourth-order valence-corrected chi connectivity index (χ4v) is 3.16. The zero-order valence-electron chi connectivity index (χ0n) is 17.0. The number of benzene rings is 2. The van der Waals surface area contributed by atoms with Crippen molar-refractivity contribution in [1.29, 1.82) is 0 Å². The molecule has 3 rings (SSSR count). The van der Waals surface area contributed by atoms with Crippen molar-refractivity contribution < 1.29 is 9.53 Å². The Hall–Kier alpha value is -2.82. The Morgan fingerprint density at radius 3 is 2.57 bits per heavy atom. The highest BCUT2D eigenvalue weighted by Crippen LogP contribution is 2.19. The van der Waals surface area contributed by atoms with Gasteiger partial charge in [0.2, 0.25) is 5.91 Å². The third kappa shape index (κ3) is 4.71. The lowest BCUT2D eigenvalue weighted by Crippen LogP contribution is -2.31. The summed E-state index contributed by atoms with van der Waals surface area (Å²) >= 11 is 0. The van der Waals surface area contributed by atoms with E-state index in [4.69, 9.17) is 9.72 Å². The lowest BCUT2D eigenvalue weighted by molar-refractivity contribution is -0.130. The Kier molecular flexibility index (Phi) is 6.69. The van der Waals surface area contributed by atoms with Gasteiger partial charge in [-0.15, -0.1) is 0 Å². The normalized spacial score (nSPS) is 11.0. The monoisotopic (exact) mass is 379 g/mol. The maximum Gasteiger partial charge on any atom is 0.242 e. The van der Waals surface area contributed by atoms with Crippen molar-refractivity contribution in [2.45, 2.75) is 46.3 Å². The van der Waals surface area contributed by atoms with Gasteiger partial charge >= 0.3 is 0 Å². The van der Waals surface area contributed by atoms with E-state index in [0.717, 1.165) is 48.4 Å². The van der Waals surface area contributed by atoms with Gasteiger partial charge in [0.1, 0.15) is 24.7 Å². The molecule has 0 aliphatic carbocycles. The summed E-state index contributed by atoms with van der Waals surface area (Å²) in [5.74, 6) is 1.66. The fraction of sp³-hybridized carbons (Fsp3) is 0.391. The molecule has 0 atom stereocenters. The predicted molar refractivity (Wildman–Crippen MR) is 112 cm³/mol. The summed E-state index contributed by atoms with van der Waals surface area (Å²) < 4.78 is 7.93. The van der Waals surface area contributed by atoms with E-state index < -0.39 is 0 Å². The Bertz CT molecular complexity index is 915. The third-order valence-electron chi connectivity index (χ3n) is 5.00. The number of para-hydroxylation sites is 2. The molecular formula is C23H29N3O2. The molecule has 148 valence electrons. The molecule has 0 saturated heterocycles. The molecule has 5 nitrogen and oxygen atoms in total. The van der Waals surface area contributed by atoms with Crippen molar-refractivity contribution in [1.82, 2.24) is 14.5 Å². The van der Waals surface area contributed by atoms with Gasteiger partial charge in [0.05, 0.1) is 11.0 Å². The van der Waals surface area contributed by atoms with Gasteiger partial charge in [-0.2, -0.15) is 0 Å². The number of unbranched alkanes of at least 4 members (excludes halogenated alkanes) is 1. The first-order chi connectivity index (χ1) is 13.6. The molecule has 1 amide bonds. The number of fused-ring (bicyclic) bond motifs is 1. The second-order valence-electron chi connectivity index (χ2n) is 7.06. The van der Waals surface area contributed by atoms with Crippen LogP contribution in [0.15, 0.2) is 48.5 Å². The first kappa shape index (κ1) is 19.9. The van der Waals surface area contributed by atoms with E-state index in [9.17, 15) is 4.79 Å². The number of imidazole rings is 1. The van der Waals surface area contributed by atoms with E-state index in [2.05, 4.69) is 26.0 Å². The van der Waals surface area contributed by atoms with Gasteiger partial charge in [-0.3, -0.25) is 4.79 Å². The predicted octanol–water partition coefficient (Wildman–Crippen LogP) is 4.44. The lowest BCUT2D eigenvalue weighted by Gasteiger charge is -2.18. The van der Waals surface area contributed by atoms with E-state index in [1.54, 1.807) is 4.90 Å². The molecule has 0 unspecified atom stereocenters. The molecule has 28 heavy (non-hydrogen) atoms. The molecule has 1 heterocycles. The molecule has 0 aliphatic heterocycles. The third-order valence-corrected chi connectivity index (χ3v) is 5.00. The van der Waals surface area contributed by atoms with Crippen molar-refractivity contribution in [2.24, 2.45) is 0 Å². The van der Waals surface area contributed by atoms with Crippen LogP contribution in [0.25, 0.3) is 11.0 Å². The van der Waals surface area contributed by atoms with Gasteiger partial charge in [-0.05, 0) is 42.7 Å². The summed E-state index contributed by atoms with van der Waals surface area (Å²) in [7, 11) is 1.86. The highest BCUT2D eigenvalue weighted by molar-refractivity contribution is 5.81. The number of ether oxygens (including phenoxy) is 1. The van der Waals surface area contributed by atoms with Crippen LogP contribution in [0.4, 0.5) is 0 Å². The van der Waals surface area contributed by atoms with Crippen LogP contribution in [0, 0.1) is 0 Å². The quantitative estimate of drug-likeness (QED) is 0.552. The van der Waals surface area contributed by atoms with Gasteiger partial charge < -0.3 is 14.2 Å². The van der Waals surface area contributed by atoms with E-state index in [-0.39, 0.29) is 12.5 Å². The van der Waals surface area contributed by atoms with Crippen molar-refractivity contribution >= 4 is 16.9 Å². The molecule has 0 spiro atoms. The maximum atomic E-state index is 12.7. The lowest BCUT2D eigenvalue weighted by atomic mass is 10.2. The largest absolute Gasteiger partial charge is 0.486 e. The second-order valence-corrected chi connectivity index (χ2v) is 7.06. The molecule has 0 N–H and O–H groups in total. The second kappa shape index (κ2) is 9.40. The van der Waals surface area contributed by atoms with Crippen LogP contribution in [0.2, 0.25) is 0 Å². The van der Waals surface area contributed by atoms with Crippen molar-refractivity contribution in [3.05, 3.63) is 59.9 Å². The minimum Gasteiger partial charge on any atom is -0.486 e. The van der Waals surface area contributed by atoms with E-state index >= 15 is 0 Å². The number of hydrogen-bond acceptors (Lipinski definition) is 3. The van der Waals surface area contributed by atoms with Crippen LogP contribution in [0.3, 0.4) is 0 Å². The van der Waals surface area contributed by atoms with Crippen LogP contribution < -0.4 is 4.74 Å². The standard InChI is InChI=1S/C23H29N3O2/c1-4-6-15-25(3)23(27)16-26-21-10-8-7-9-20(21)24-22(26)17-28-19-13-11-18(5-2)12-14-19/h7-14H,4-6,15-17H2,1-3H3. The molecule has 0 fully saturated rings. The number of hydrogen-bond donors (Lipinski definition) is 0. The van der Waals surface area contributed by atoms with Crippen LogP contribution in [-0.4, -0.2) is 34.0 Å². The Balaban J connectivity index is 1.79. The molecule has 3 aromatic rings. The Labute approximate surface area is 166 Å². The number of likely N-dealkylation sites (N-methyl/N-ethyl adjacent to an activating group) is 1. The van der Waals surface area contributed by atoms with Crippen LogP contribution >= 0.6 is 0 Å². The average molecular weight is 380 g/mol. The first-order valence-corrected chi connectivity index (χ1v) is 10.0. The topological polar surface area (TPSA) is 47.4 Å². The summed E-state index contributed by atoms with van der Waals surface area (Å²) in [4.78, 5) is 19.2. The van der Waals surface area contributed by atoms with Crippen LogP contribution in [0.1, 0.15) is 38.1 Å². The summed E-state index contributed by atoms with van der Waals surface area (Å²) in [6.07, 6.45) is 3.09. The average Bonchev–Trinajstić information content (AvgIpc) is 3.08. The summed E-state index contributed by atoms with van der Waals surface area (Å²) in [6.45, 7) is 5.63. The van der Waals surface area contributed by atoms with Gasteiger partial charge in [-0.25, -0.2) is 4.98 Å². The number of carbonyl (C=O) groups excluding carboxylic acids is 1. The van der Waals surface area contributed by atoms with Gasteiger partial charge in [0.15, 0.2) is 0 Å². The van der Waals surface area contributed by atoms with Crippen molar-refractivity contribution in [3.8, 4) is 5.75 Å². The van der Waals surface area contributed by atoms with Crippen LogP contribution in [0.5, 0.6) is 5.75 Å². The number of aromatic nitrogens is 2. The molecule has 0 saturated carbocycles. The van der Waals surface area contributed by atoms with Crippen LogP contribution in [-0.2, 0) is 24.4 Å². The molecule has 2 aromatic carbocycles. The molecular weight excluding hydrogens is 350 g/mol. The van der Waals surface area contributed by atoms with E-state index in [1.807, 2.05) is 48.0 Å². The number of amides is 1. The zero-order valence-corrected chi connectivity index (χ0v) is 17.0. The summed E-state index contributed by atoms with van der Waals surface area (Å²) in [5, 5.41) is 0. The summed E-state index contributed by atoms with van der Waals surface area (Å²) in [5.41, 5.74) is 3.12. The highest BCUT2D eigenvalue weighted by atomic mass is 16.5. The Morgan fingerprint density at radius 2 is 1.86 bits per heavy atom. The molecule has 1 aromatic heterocycles. The maximum absolute atomic E-state index is 12.7. The van der Waals surface area contributed by atoms with Gasteiger partial charge in [0.25, 0.3) is 0 Å². The molecule has 0 bridgehead atoms. The van der Waals surface area contributed by atoms with E-state index in [0.29, 0.717) is 6.61 Å². The minimum atomic E-state index is 0.0881. The number of rotatable bonds is 9. The Morgan fingerprint density at radius 1 is 1.11 bits per heavy atom. The summed E-state index contributed by atoms with van der Waals surface area (Å²) in [6, 6.07) is 16.0. The number of carbonyl (C=O) groups is 1. The smallest absolute Gasteiger partial charge is 0.242 e. The number of aryl methyl sites for hydroxylation is 1. The number of nitrogens with zero attached hydrogens (tertiary/aromatic N) is 3. The van der Waals surface area contributed by atoms with Crippen molar-refractivity contribution in [2.75, 3.05) is 13.6 Å².